The molecular formula is C18H22FN3. The van der Waals surface area contributed by atoms with Gasteiger partial charge in [-0.25, -0.2) is 4.39 Å². The molecule has 0 radical (unpaired) electrons. The Labute approximate surface area is 130 Å². The van der Waals surface area contributed by atoms with Crippen molar-refractivity contribution in [1.82, 2.24) is 14.7 Å². The molecule has 116 valence electrons. The zero-order chi connectivity index (χ0) is 15.3. The zero-order valence-electron chi connectivity index (χ0n) is 13.2. The molecule has 4 heteroatoms. The Bertz CT molecular complexity index is 706. The Kier molecular flexibility index (Phi) is 3.30. The molecule has 0 bridgehead atoms. The minimum atomic E-state index is -0.189. The van der Waals surface area contributed by atoms with Crippen LogP contribution in [-0.4, -0.2) is 34.3 Å². The summed E-state index contributed by atoms with van der Waals surface area (Å²) in [6.07, 6.45) is 2.31. The average molecular weight is 299 g/mol. The molecule has 0 unspecified atom stereocenters. The molecule has 1 aliphatic heterocycles. The lowest BCUT2D eigenvalue weighted by molar-refractivity contribution is 0.321. The zero-order valence-corrected chi connectivity index (χ0v) is 13.2. The van der Waals surface area contributed by atoms with Crippen molar-refractivity contribution in [3.8, 4) is 11.3 Å². The van der Waals surface area contributed by atoms with Crippen molar-refractivity contribution in [3.63, 3.8) is 0 Å². The van der Waals surface area contributed by atoms with Gasteiger partial charge in [-0.05, 0) is 37.4 Å². The first-order chi connectivity index (χ1) is 10.7. The van der Waals surface area contributed by atoms with Crippen molar-refractivity contribution in [2.75, 3.05) is 19.6 Å². The molecule has 22 heavy (non-hydrogen) atoms. The van der Waals surface area contributed by atoms with Gasteiger partial charge >= 0.3 is 0 Å². The maximum absolute atomic E-state index is 13.6. The van der Waals surface area contributed by atoms with E-state index in [9.17, 15) is 4.39 Å². The first-order valence-corrected chi connectivity index (χ1v) is 8.21. The van der Waals surface area contributed by atoms with Crippen LogP contribution in [0, 0.1) is 11.7 Å². The summed E-state index contributed by atoms with van der Waals surface area (Å²) in [5.41, 5.74) is 4.62. The fourth-order valence-corrected chi connectivity index (χ4v) is 4.30. The first-order valence-electron chi connectivity index (χ1n) is 8.21. The summed E-state index contributed by atoms with van der Waals surface area (Å²) in [6, 6.07) is 6.84. The molecule has 2 atom stereocenters. The highest BCUT2D eigenvalue weighted by molar-refractivity contribution is 5.66. The Morgan fingerprint density at radius 3 is 2.95 bits per heavy atom. The highest BCUT2D eigenvalue weighted by Gasteiger charge is 2.43. The molecule has 2 aliphatic rings. The van der Waals surface area contributed by atoms with Crippen LogP contribution in [0.2, 0.25) is 0 Å². The van der Waals surface area contributed by atoms with E-state index in [-0.39, 0.29) is 5.82 Å². The molecule has 3 nitrogen and oxygen atoms in total. The molecule has 0 amide bonds. The molecule has 1 aromatic carbocycles. The van der Waals surface area contributed by atoms with E-state index in [1.807, 2.05) is 17.8 Å². The summed E-state index contributed by atoms with van der Waals surface area (Å²) in [5.74, 6) is 1.08. The van der Waals surface area contributed by atoms with Crippen LogP contribution in [0.4, 0.5) is 4.39 Å². The van der Waals surface area contributed by atoms with Gasteiger partial charge in [0.2, 0.25) is 0 Å². The van der Waals surface area contributed by atoms with E-state index in [1.54, 1.807) is 12.1 Å². The number of aromatic nitrogens is 2. The first kappa shape index (κ1) is 13.9. The van der Waals surface area contributed by atoms with Crippen molar-refractivity contribution in [3.05, 3.63) is 41.3 Å². The van der Waals surface area contributed by atoms with Crippen LogP contribution in [0.1, 0.15) is 30.5 Å². The van der Waals surface area contributed by atoms with Crippen LogP contribution in [-0.2, 0) is 13.5 Å². The molecule has 0 saturated carbocycles. The van der Waals surface area contributed by atoms with E-state index in [0.29, 0.717) is 11.8 Å². The minimum Gasteiger partial charge on any atom is -0.302 e. The average Bonchev–Trinajstić information content (AvgIpc) is 3.10. The third-order valence-corrected chi connectivity index (χ3v) is 5.19. The van der Waals surface area contributed by atoms with Gasteiger partial charge in [0.05, 0.1) is 5.69 Å². The topological polar surface area (TPSA) is 21.1 Å². The number of halogens is 1. The molecule has 2 heterocycles. The van der Waals surface area contributed by atoms with Crippen LogP contribution < -0.4 is 0 Å². The second kappa shape index (κ2) is 5.20. The third kappa shape index (κ3) is 2.09. The third-order valence-electron chi connectivity index (χ3n) is 5.19. The largest absolute Gasteiger partial charge is 0.302 e. The van der Waals surface area contributed by atoms with E-state index < -0.39 is 0 Å². The summed E-state index contributed by atoms with van der Waals surface area (Å²) in [7, 11) is 2.02. The van der Waals surface area contributed by atoms with Crippen molar-refractivity contribution < 1.29 is 4.39 Å². The summed E-state index contributed by atoms with van der Waals surface area (Å²) < 4.78 is 15.6. The number of benzene rings is 1. The standard InChI is InChI=1S/C18H22FN3/c1-3-7-22-10-13-9-16-17(15(13)11-22)18(20-21(16)2)12-5-4-6-14(19)8-12/h4-6,8,13,15H,3,7,9-11H2,1-2H3/t13-,15+/m0/s1. The van der Waals surface area contributed by atoms with Crippen LogP contribution >= 0.6 is 0 Å². The summed E-state index contributed by atoms with van der Waals surface area (Å²) >= 11 is 0. The highest BCUT2D eigenvalue weighted by atomic mass is 19.1. The number of rotatable bonds is 3. The maximum Gasteiger partial charge on any atom is 0.123 e. The molecule has 4 rings (SSSR count). The van der Waals surface area contributed by atoms with Crippen LogP contribution in [0.5, 0.6) is 0 Å². The fraction of sp³-hybridized carbons (Fsp3) is 0.500. The predicted octanol–water partition coefficient (Wildman–Crippen LogP) is 3.21. The van der Waals surface area contributed by atoms with Crippen LogP contribution in [0.25, 0.3) is 11.3 Å². The molecule has 1 aliphatic carbocycles. The van der Waals surface area contributed by atoms with Gasteiger partial charge in [-0.15, -0.1) is 0 Å². The van der Waals surface area contributed by atoms with Crippen LogP contribution in [0.15, 0.2) is 24.3 Å². The Hall–Kier alpha value is -1.68. The van der Waals surface area contributed by atoms with Crippen molar-refractivity contribution in [2.24, 2.45) is 13.0 Å². The van der Waals surface area contributed by atoms with Crippen molar-refractivity contribution >= 4 is 0 Å². The van der Waals surface area contributed by atoms with Crippen molar-refractivity contribution in [2.45, 2.75) is 25.7 Å². The molecular weight excluding hydrogens is 277 g/mol. The quantitative estimate of drug-likeness (QED) is 0.868. The highest BCUT2D eigenvalue weighted by Crippen LogP contribution is 2.46. The summed E-state index contributed by atoms with van der Waals surface area (Å²) in [5, 5.41) is 4.71. The second-order valence-electron chi connectivity index (χ2n) is 6.67. The van der Waals surface area contributed by atoms with E-state index in [1.165, 1.54) is 36.8 Å². The number of hydrogen-bond donors (Lipinski definition) is 0. The van der Waals surface area contributed by atoms with Gasteiger partial charge in [0.15, 0.2) is 0 Å². The van der Waals surface area contributed by atoms with E-state index in [0.717, 1.165) is 24.2 Å². The minimum absolute atomic E-state index is 0.189. The van der Waals surface area contributed by atoms with Crippen LogP contribution in [0.3, 0.4) is 0 Å². The lowest BCUT2D eigenvalue weighted by Crippen LogP contribution is -2.22. The summed E-state index contributed by atoms with van der Waals surface area (Å²) in [6.45, 7) is 5.73. The maximum atomic E-state index is 13.6. The Morgan fingerprint density at radius 1 is 1.32 bits per heavy atom. The molecule has 0 spiro atoms. The van der Waals surface area contributed by atoms with E-state index >= 15 is 0 Å². The predicted molar refractivity (Wildman–Crippen MR) is 85.3 cm³/mol. The summed E-state index contributed by atoms with van der Waals surface area (Å²) in [4.78, 5) is 2.57. The monoisotopic (exact) mass is 299 g/mol. The number of likely N-dealkylation sites (tertiary alicyclic amines) is 1. The number of fused-ring (bicyclic) bond motifs is 3. The van der Waals surface area contributed by atoms with Gasteiger partial charge in [-0.1, -0.05) is 19.1 Å². The molecule has 2 aromatic rings. The van der Waals surface area contributed by atoms with Gasteiger partial charge in [0, 0.05) is 42.9 Å². The van der Waals surface area contributed by atoms with Gasteiger partial charge in [0.25, 0.3) is 0 Å². The lowest BCUT2D eigenvalue weighted by Gasteiger charge is -2.15. The van der Waals surface area contributed by atoms with Gasteiger partial charge in [0.1, 0.15) is 5.82 Å². The molecule has 1 fully saturated rings. The Balaban J connectivity index is 1.74. The lowest BCUT2D eigenvalue weighted by atomic mass is 9.94. The normalized spacial score (nSPS) is 23.8. The molecule has 1 saturated heterocycles. The van der Waals surface area contributed by atoms with Crippen molar-refractivity contribution in [1.29, 1.82) is 0 Å². The molecule has 1 aromatic heterocycles. The van der Waals surface area contributed by atoms with Gasteiger partial charge in [-0.2, -0.15) is 5.10 Å². The number of aryl methyl sites for hydroxylation is 1. The van der Waals surface area contributed by atoms with Gasteiger partial charge < -0.3 is 4.90 Å². The van der Waals surface area contributed by atoms with E-state index in [2.05, 4.69) is 11.8 Å². The Morgan fingerprint density at radius 2 is 2.18 bits per heavy atom. The molecule has 0 N–H and O–H groups in total. The number of hydrogen-bond acceptors (Lipinski definition) is 2. The smallest absolute Gasteiger partial charge is 0.123 e. The fourth-order valence-electron chi connectivity index (χ4n) is 4.30. The number of nitrogens with zero attached hydrogens (tertiary/aromatic N) is 3. The van der Waals surface area contributed by atoms with E-state index in [4.69, 9.17) is 5.10 Å². The second-order valence-corrected chi connectivity index (χ2v) is 6.67. The SMILES string of the molecule is CCCN1C[C@@H]2Cc3c(c(-c4cccc(F)c4)nn3C)[C@@H]2C1. The van der Waals surface area contributed by atoms with Gasteiger partial charge in [-0.3, -0.25) is 4.68 Å².